The summed E-state index contributed by atoms with van der Waals surface area (Å²) in [7, 11) is 0. The molecule has 11 heavy (non-hydrogen) atoms. The number of hydrazone groups is 1. The molecule has 0 aromatic rings. The van der Waals surface area contributed by atoms with Crippen molar-refractivity contribution in [1.29, 1.82) is 0 Å². The maximum Gasteiger partial charge on any atom is 0.0566 e. The Morgan fingerprint density at radius 2 is 2.09 bits per heavy atom. The second kappa shape index (κ2) is 2.84. The van der Waals surface area contributed by atoms with Crippen LogP contribution in [-0.4, -0.2) is 12.3 Å². The monoisotopic (exact) mass is 154 g/mol. The van der Waals surface area contributed by atoms with E-state index in [1.165, 1.54) is 6.42 Å². The SMILES string of the molecule is CCC1C=NNC1C(C)(C)C. The van der Waals surface area contributed by atoms with Gasteiger partial charge in [0.05, 0.1) is 6.04 Å². The summed E-state index contributed by atoms with van der Waals surface area (Å²) in [6.45, 7) is 8.97. The van der Waals surface area contributed by atoms with Gasteiger partial charge in [0.25, 0.3) is 0 Å². The van der Waals surface area contributed by atoms with Crippen LogP contribution in [0, 0.1) is 11.3 Å². The highest BCUT2D eigenvalue weighted by Gasteiger charge is 2.32. The Kier molecular flexibility index (Phi) is 2.21. The van der Waals surface area contributed by atoms with Crippen LogP contribution in [0.2, 0.25) is 0 Å². The standard InChI is InChI=1S/C9H18N2/c1-5-7-6-10-11-8(7)9(2,3)4/h6-8,11H,5H2,1-4H3. The van der Waals surface area contributed by atoms with E-state index >= 15 is 0 Å². The lowest BCUT2D eigenvalue weighted by molar-refractivity contribution is 0.244. The van der Waals surface area contributed by atoms with Gasteiger partial charge in [-0.05, 0) is 11.8 Å². The maximum absolute atomic E-state index is 4.11. The topological polar surface area (TPSA) is 24.4 Å². The first-order valence-corrected chi connectivity index (χ1v) is 4.34. The summed E-state index contributed by atoms with van der Waals surface area (Å²) in [5.41, 5.74) is 3.48. The van der Waals surface area contributed by atoms with E-state index < -0.39 is 0 Å². The lowest BCUT2D eigenvalue weighted by Gasteiger charge is -2.30. The molecular formula is C9H18N2. The molecule has 1 rings (SSSR count). The third-order valence-corrected chi connectivity index (χ3v) is 2.31. The van der Waals surface area contributed by atoms with Crippen molar-refractivity contribution in [2.45, 2.75) is 40.2 Å². The number of rotatable bonds is 1. The number of hydrogen-bond acceptors (Lipinski definition) is 2. The summed E-state index contributed by atoms with van der Waals surface area (Å²) < 4.78 is 0. The van der Waals surface area contributed by atoms with E-state index in [9.17, 15) is 0 Å². The van der Waals surface area contributed by atoms with Crippen molar-refractivity contribution in [2.75, 3.05) is 0 Å². The largest absolute Gasteiger partial charge is 0.306 e. The van der Waals surface area contributed by atoms with Gasteiger partial charge in [0.15, 0.2) is 0 Å². The molecule has 2 heteroatoms. The third kappa shape index (κ3) is 1.73. The molecule has 0 radical (unpaired) electrons. The second-order valence-electron chi connectivity index (χ2n) is 4.32. The van der Waals surface area contributed by atoms with Gasteiger partial charge in [0.1, 0.15) is 0 Å². The Hall–Kier alpha value is -0.530. The average molecular weight is 154 g/mol. The van der Waals surface area contributed by atoms with E-state index in [2.05, 4.69) is 38.2 Å². The zero-order valence-corrected chi connectivity index (χ0v) is 7.89. The minimum atomic E-state index is 0.317. The summed E-state index contributed by atoms with van der Waals surface area (Å²) in [5.74, 6) is 0.620. The molecule has 0 saturated heterocycles. The van der Waals surface area contributed by atoms with E-state index in [4.69, 9.17) is 0 Å². The highest BCUT2D eigenvalue weighted by atomic mass is 15.3. The van der Waals surface area contributed by atoms with Crippen molar-refractivity contribution in [3.63, 3.8) is 0 Å². The van der Waals surface area contributed by atoms with E-state index in [0.29, 0.717) is 17.4 Å². The van der Waals surface area contributed by atoms with Crippen molar-refractivity contribution in [3.8, 4) is 0 Å². The molecule has 0 aliphatic carbocycles. The summed E-state index contributed by atoms with van der Waals surface area (Å²) >= 11 is 0. The quantitative estimate of drug-likeness (QED) is 0.614. The van der Waals surface area contributed by atoms with Crippen molar-refractivity contribution >= 4 is 6.21 Å². The molecule has 64 valence electrons. The van der Waals surface area contributed by atoms with E-state index in [0.717, 1.165) is 0 Å². The first-order valence-electron chi connectivity index (χ1n) is 4.34. The van der Waals surface area contributed by atoms with Crippen molar-refractivity contribution < 1.29 is 0 Å². The van der Waals surface area contributed by atoms with Crippen LogP contribution in [-0.2, 0) is 0 Å². The zero-order valence-electron chi connectivity index (χ0n) is 7.89. The van der Waals surface area contributed by atoms with Gasteiger partial charge in [-0.15, -0.1) is 0 Å². The number of nitrogens with one attached hydrogen (secondary N) is 1. The fourth-order valence-electron chi connectivity index (χ4n) is 1.58. The predicted octanol–water partition coefficient (Wildman–Crippen LogP) is 2.02. The van der Waals surface area contributed by atoms with Gasteiger partial charge in [-0.25, -0.2) is 0 Å². The molecule has 0 saturated carbocycles. The van der Waals surface area contributed by atoms with Crippen LogP contribution in [0.5, 0.6) is 0 Å². The minimum absolute atomic E-state index is 0.317. The molecule has 0 aromatic carbocycles. The molecular weight excluding hydrogens is 136 g/mol. The first-order chi connectivity index (χ1) is 5.05. The normalized spacial score (nSPS) is 30.5. The van der Waals surface area contributed by atoms with Crippen LogP contribution in [0.15, 0.2) is 5.10 Å². The van der Waals surface area contributed by atoms with Crippen molar-refractivity contribution in [1.82, 2.24) is 5.43 Å². The highest BCUT2D eigenvalue weighted by molar-refractivity contribution is 5.63. The van der Waals surface area contributed by atoms with Gasteiger partial charge in [0.2, 0.25) is 0 Å². The molecule has 0 fully saturated rings. The van der Waals surface area contributed by atoms with Crippen LogP contribution >= 0.6 is 0 Å². The van der Waals surface area contributed by atoms with Crippen LogP contribution in [0.25, 0.3) is 0 Å². The van der Waals surface area contributed by atoms with Gasteiger partial charge in [-0.2, -0.15) is 5.10 Å². The zero-order chi connectivity index (χ0) is 8.48. The molecule has 1 aliphatic rings. The van der Waals surface area contributed by atoms with Crippen LogP contribution in [0.1, 0.15) is 34.1 Å². The highest BCUT2D eigenvalue weighted by Crippen LogP contribution is 2.28. The molecule has 0 spiro atoms. The van der Waals surface area contributed by atoms with Gasteiger partial charge < -0.3 is 5.43 Å². The van der Waals surface area contributed by atoms with E-state index in [1.807, 2.05) is 6.21 Å². The summed E-state index contributed by atoms with van der Waals surface area (Å²) in [6.07, 6.45) is 3.22. The Morgan fingerprint density at radius 1 is 1.45 bits per heavy atom. The Balaban J connectivity index is 2.61. The molecule has 2 nitrogen and oxygen atoms in total. The molecule has 0 bridgehead atoms. The molecule has 2 atom stereocenters. The molecule has 1 N–H and O–H groups in total. The molecule has 0 amide bonds. The van der Waals surface area contributed by atoms with E-state index in [1.54, 1.807) is 0 Å². The fraction of sp³-hybridized carbons (Fsp3) is 0.889. The smallest absolute Gasteiger partial charge is 0.0566 e. The minimum Gasteiger partial charge on any atom is -0.306 e. The average Bonchev–Trinajstić information content (AvgIpc) is 2.31. The van der Waals surface area contributed by atoms with E-state index in [-0.39, 0.29) is 0 Å². The molecule has 2 unspecified atom stereocenters. The summed E-state index contributed by atoms with van der Waals surface area (Å²) in [5, 5.41) is 4.11. The third-order valence-electron chi connectivity index (χ3n) is 2.31. The maximum atomic E-state index is 4.11. The van der Waals surface area contributed by atoms with Gasteiger partial charge >= 0.3 is 0 Å². The fourth-order valence-corrected chi connectivity index (χ4v) is 1.58. The second-order valence-corrected chi connectivity index (χ2v) is 4.32. The Bertz CT molecular complexity index is 155. The van der Waals surface area contributed by atoms with Crippen molar-refractivity contribution in [2.24, 2.45) is 16.4 Å². The van der Waals surface area contributed by atoms with Gasteiger partial charge in [-0.1, -0.05) is 27.7 Å². The van der Waals surface area contributed by atoms with Crippen LogP contribution in [0.4, 0.5) is 0 Å². The number of nitrogens with zero attached hydrogens (tertiary/aromatic N) is 1. The predicted molar refractivity (Wildman–Crippen MR) is 48.7 cm³/mol. The van der Waals surface area contributed by atoms with Crippen LogP contribution in [0.3, 0.4) is 0 Å². The lowest BCUT2D eigenvalue weighted by atomic mass is 9.79. The van der Waals surface area contributed by atoms with Crippen LogP contribution < -0.4 is 5.43 Å². The van der Waals surface area contributed by atoms with Gasteiger partial charge in [-0.3, -0.25) is 0 Å². The Morgan fingerprint density at radius 3 is 2.45 bits per heavy atom. The summed E-state index contributed by atoms with van der Waals surface area (Å²) in [6, 6.07) is 0.521. The first kappa shape index (κ1) is 8.57. The molecule has 0 aromatic heterocycles. The number of hydrogen-bond donors (Lipinski definition) is 1. The van der Waals surface area contributed by atoms with Crippen molar-refractivity contribution in [3.05, 3.63) is 0 Å². The molecule has 1 aliphatic heterocycles. The Labute approximate surface area is 69.1 Å². The lowest BCUT2D eigenvalue weighted by Crippen LogP contribution is -2.39. The van der Waals surface area contributed by atoms with Gasteiger partial charge in [0, 0.05) is 12.1 Å². The summed E-state index contributed by atoms with van der Waals surface area (Å²) in [4.78, 5) is 0. The molecule has 1 heterocycles.